The number of nitrogens with one attached hydrogen (secondary N) is 1. The Bertz CT molecular complexity index is 570. The van der Waals surface area contributed by atoms with Crippen LogP contribution < -0.4 is 5.32 Å². The Kier molecular flexibility index (Phi) is 4.70. The Hall–Kier alpha value is -2.21. The number of anilines is 1. The molecule has 0 aliphatic carbocycles. The highest BCUT2D eigenvalue weighted by molar-refractivity contribution is 7.80. The van der Waals surface area contributed by atoms with Crippen LogP contribution >= 0.6 is 12.2 Å². The van der Waals surface area contributed by atoms with Gasteiger partial charge in [-0.3, -0.25) is 19.4 Å². The summed E-state index contributed by atoms with van der Waals surface area (Å²) in [4.78, 5) is 27.5. The second-order valence-electron chi connectivity index (χ2n) is 4.45. The highest BCUT2D eigenvalue weighted by Gasteiger charge is 2.37. The summed E-state index contributed by atoms with van der Waals surface area (Å²) in [5, 5.41) is 3.25. The first-order valence-electron chi connectivity index (χ1n) is 6.79. The molecule has 1 aromatic rings. The Morgan fingerprint density at radius 2 is 1.57 bits per heavy atom. The number of carbonyl (C=O) groups excluding carboxylic acids is 2. The van der Waals surface area contributed by atoms with E-state index in [0.717, 1.165) is 5.69 Å². The molecule has 2 amide bonds. The number of benzene rings is 1. The maximum atomic E-state index is 12.3. The monoisotopic (exact) mass is 303 g/mol. The van der Waals surface area contributed by atoms with E-state index in [-0.39, 0.29) is 22.5 Å². The molecule has 21 heavy (non-hydrogen) atoms. The summed E-state index contributed by atoms with van der Waals surface area (Å²) in [7, 11) is 0. The van der Waals surface area contributed by atoms with Crippen LogP contribution in [0.1, 0.15) is 13.8 Å². The molecule has 0 aromatic heterocycles. The molecule has 1 fully saturated rings. The lowest BCUT2D eigenvalue weighted by Gasteiger charge is -2.35. The lowest BCUT2D eigenvalue weighted by molar-refractivity contribution is -0.133. The lowest BCUT2D eigenvalue weighted by Crippen LogP contribution is -2.56. The number of hydrogen-bond acceptors (Lipinski definition) is 4. The first-order valence-corrected chi connectivity index (χ1v) is 7.20. The Morgan fingerprint density at radius 3 is 2.05 bits per heavy atom. The topological polar surface area (TPSA) is 52.7 Å². The first kappa shape index (κ1) is 15.2. The van der Waals surface area contributed by atoms with Gasteiger partial charge >= 0.3 is 0 Å². The standard InChI is InChI=1S/C15H17N3O2S/c1-3-17-13(19)12(14(20)18(4-2)15(17)21)10-16-11-8-6-5-7-9-11/h5-10,16H,3-4H2,1-2H3. The number of nitrogens with zero attached hydrogens (tertiary/aromatic N) is 2. The fourth-order valence-corrected chi connectivity index (χ4v) is 2.50. The van der Waals surface area contributed by atoms with Gasteiger partial charge in [0.1, 0.15) is 5.57 Å². The van der Waals surface area contributed by atoms with Gasteiger partial charge in [-0.25, -0.2) is 0 Å². The third-order valence-electron chi connectivity index (χ3n) is 3.20. The van der Waals surface area contributed by atoms with E-state index < -0.39 is 0 Å². The third kappa shape index (κ3) is 2.95. The number of hydrogen-bond donors (Lipinski definition) is 1. The summed E-state index contributed by atoms with van der Waals surface area (Å²) in [5.41, 5.74) is 0.904. The predicted molar refractivity (Wildman–Crippen MR) is 85.5 cm³/mol. The van der Waals surface area contributed by atoms with E-state index in [0.29, 0.717) is 13.1 Å². The Morgan fingerprint density at radius 1 is 1.05 bits per heavy atom. The highest BCUT2D eigenvalue weighted by Crippen LogP contribution is 2.18. The van der Waals surface area contributed by atoms with Gasteiger partial charge in [0.2, 0.25) is 0 Å². The van der Waals surface area contributed by atoms with Crippen molar-refractivity contribution in [1.82, 2.24) is 9.80 Å². The normalized spacial score (nSPS) is 15.5. The van der Waals surface area contributed by atoms with Crippen molar-refractivity contribution < 1.29 is 9.59 Å². The summed E-state index contributed by atoms with van der Waals surface area (Å²) in [6.07, 6.45) is 1.45. The summed E-state index contributed by atoms with van der Waals surface area (Å²) in [6.45, 7) is 4.53. The van der Waals surface area contributed by atoms with Crippen LogP contribution in [0.25, 0.3) is 0 Å². The van der Waals surface area contributed by atoms with Gasteiger partial charge in [0.15, 0.2) is 5.11 Å². The van der Waals surface area contributed by atoms with E-state index in [2.05, 4.69) is 5.32 Å². The number of amides is 2. The molecule has 6 heteroatoms. The summed E-state index contributed by atoms with van der Waals surface area (Å²) in [5.74, 6) is -0.721. The van der Waals surface area contributed by atoms with Crippen LogP contribution in [0.15, 0.2) is 42.1 Å². The van der Waals surface area contributed by atoms with Crippen molar-refractivity contribution in [2.75, 3.05) is 18.4 Å². The van der Waals surface area contributed by atoms with Crippen molar-refractivity contribution in [3.05, 3.63) is 42.1 Å². The van der Waals surface area contributed by atoms with Crippen LogP contribution in [-0.4, -0.2) is 39.8 Å². The Balaban J connectivity index is 2.29. The largest absolute Gasteiger partial charge is 0.361 e. The number of rotatable bonds is 4. The van der Waals surface area contributed by atoms with Gasteiger partial charge in [-0.1, -0.05) is 18.2 Å². The van der Waals surface area contributed by atoms with Gasteiger partial charge in [-0.15, -0.1) is 0 Å². The zero-order chi connectivity index (χ0) is 15.4. The molecule has 1 saturated heterocycles. The summed E-state index contributed by atoms with van der Waals surface area (Å²) >= 11 is 5.19. The maximum Gasteiger partial charge on any atom is 0.267 e. The van der Waals surface area contributed by atoms with Crippen LogP contribution in [0.5, 0.6) is 0 Å². The van der Waals surface area contributed by atoms with E-state index >= 15 is 0 Å². The SMILES string of the molecule is CCN1C(=O)C(=CNc2ccccc2)C(=O)N(CC)C1=S. The lowest BCUT2D eigenvalue weighted by atomic mass is 10.1. The molecule has 1 aliphatic heterocycles. The number of para-hydroxylation sites is 1. The van der Waals surface area contributed by atoms with Crippen molar-refractivity contribution >= 4 is 34.8 Å². The van der Waals surface area contributed by atoms with Crippen LogP contribution in [0, 0.1) is 0 Å². The van der Waals surface area contributed by atoms with Gasteiger partial charge in [-0.2, -0.15) is 0 Å². The average molecular weight is 303 g/mol. The summed E-state index contributed by atoms with van der Waals surface area (Å²) < 4.78 is 0. The molecule has 0 bridgehead atoms. The van der Waals surface area contributed by atoms with E-state index in [1.807, 2.05) is 44.2 Å². The van der Waals surface area contributed by atoms with Crippen molar-refractivity contribution in [1.29, 1.82) is 0 Å². The molecule has 1 aromatic carbocycles. The van der Waals surface area contributed by atoms with E-state index in [1.165, 1.54) is 16.0 Å². The minimum atomic E-state index is -0.361. The molecule has 0 saturated carbocycles. The molecule has 0 unspecified atom stereocenters. The minimum Gasteiger partial charge on any atom is -0.361 e. The fourth-order valence-electron chi connectivity index (χ4n) is 2.07. The zero-order valence-corrected chi connectivity index (χ0v) is 12.8. The first-order chi connectivity index (χ1) is 10.1. The molecule has 0 spiro atoms. The Labute approximate surface area is 129 Å². The van der Waals surface area contributed by atoms with E-state index in [1.54, 1.807) is 0 Å². The van der Waals surface area contributed by atoms with E-state index in [9.17, 15) is 9.59 Å². The molecule has 110 valence electrons. The van der Waals surface area contributed by atoms with E-state index in [4.69, 9.17) is 12.2 Å². The minimum absolute atomic E-state index is 0.0937. The smallest absolute Gasteiger partial charge is 0.267 e. The molecular formula is C15H17N3O2S. The molecule has 5 nitrogen and oxygen atoms in total. The van der Waals surface area contributed by atoms with Crippen LogP contribution in [0.4, 0.5) is 5.69 Å². The fraction of sp³-hybridized carbons (Fsp3) is 0.267. The second kappa shape index (κ2) is 6.49. The highest BCUT2D eigenvalue weighted by atomic mass is 32.1. The van der Waals surface area contributed by atoms with Crippen molar-refractivity contribution in [2.24, 2.45) is 0 Å². The van der Waals surface area contributed by atoms with Gasteiger partial charge in [0, 0.05) is 25.0 Å². The molecule has 1 N–H and O–H groups in total. The maximum absolute atomic E-state index is 12.3. The summed E-state index contributed by atoms with van der Waals surface area (Å²) in [6, 6.07) is 9.35. The number of likely N-dealkylation sites (N-methyl/N-ethyl adjacent to an activating group) is 2. The molecule has 0 atom stereocenters. The molecule has 2 rings (SSSR count). The van der Waals surface area contributed by atoms with Crippen LogP contribution in [-0.2, 0) is 9.59 Å². The zero-order valence-electron chi connectivity index (χ0n) is 12.0. The van der Waals surface area contributed by atoms with Crippen molar-refractivity contribution in [3.63, 3.8) is 0 Å². The quantitative estimate of drug-likeness (QED) is 0.525. The number of carbonyl (C=O) groups is 2. The third-order valence-corrected chi connectivity index (χ3v) is 3.64. The molecule has 0 radical (unpaired) electrons. The van der Waals surface area contributed by atoms with Crippen LogP contribution in [0.2, 0.25) is 0 Å². The van der Waals surface area contributed by atoms with Crippen LogP contribution in [0.3, 0.4) is 0 Å². The predicted octanol–water partition coefficient (Wildman–Crippen LogP) is 1.98. The van der Waals surface area contributed by atoms with Crippen molar-refractivity contribution in [3.8, 4) is 0 Å². The molecule has 1 heterocycles. The second-order valence-corrected chi connectivity index (χ2v) is 4.81. The molecule has 1 aliphatic rings. The van der Waals surface area contributed by atoms with Gasteiger partial charge in [0.25, 0.3) is 11.8 Å². The van der Waals surface area contributed by atoms with Gasteiger partial charge in [0.05, 0.1) is 0 Å². The molecular weight excluding hydrogens is 286 g/mol. The van der Waals surface area contributed by atoms with Gasteiger partial charge in [-0.05, 0) is 38.2 Å². The van der Waals surface area contributed by atoms with Crippen molar-refractivity contribution in [2.45, 2.75) is 13.8 Å². The number of thiocarbonyl (C=S) groups is 1. The average Bonchev–Trinajstić information content (AvgIpc) is 2.49. The van der Waals surface area contributed by atoms with Gasteiger partial charge < -0.3 is 5.32 Å².